The highest BCUT2D eigenvalue weighted by molar-refractivity contribution is 6.01. The van der Waals surface area contributed by atoms with Crippen molar-refractivity contribution in [2.45, 2.75) is 255 Å². The zero-order chi connectivity index (χ0) is 63.8. The number of rotatable bonds is 11. The van der Waals surface area contributed by atoms with E-state index in [0.717, 1.165) is 57.8 Å². The maximum Gasteiger partial charge on any atom is 0.312 e. The lowest BCUT2D eigenvalue weighted by atomic mass is 9.43. The van der Waals surface area contributed by atoms with Gasteiger partial charge in [0, 0.05) is 36.4 Å². The van der Waals surface area contributed by atoms with Gasteiger partial charge in [-0.3, -0.25) is 14.4 Å². The minimum atomic E-state index is -1.44. The van der Waals surface area contributed by atoms with E-state index < -0.39 is 110 Å². The molecule has 0 aromatic carbocycles. The van der Waals surface area contributed by atoms with E-state index in [0.29, 0.717) is 53.8 Å². The van der Waals surface area contributed by atoms with E-state index in [9.17, 15) is 55.2 Å². The fourth-order valence-electron chi connectivity index (χ4n) is 20.7. The molecule has 2 saturated heterocycles. The number of fused-ring (bicyclic) bond motifs is 10. The number of carbonyl (C=O) groups excluding carboxylic acids is 2. The van der Waals surface area contributed by atoms with E-state index in [-0.39, 0.29) is 83.3 Å². The van der Waals surface area contributed by atoms with Crippen molar-refractivity contribution in [1.29, 1.82) is 0 Å². The molecule has 9 aliphatic carbocycles. The van der Waals surface area contributed by atoms with Gasteiger partial charge in [-0.1, -0.05) is 53.2 Å². The molecule has 0 aromatic heterocycles. The van der Waals surface area contributed by atoms with E-state index >= 15 is 0 Å². The first-order valence-corrected chi connectivity index (χ1v) is 32.8. The average Bonchev–Trinajstić information content (AvgIpc) is 1.65. The summed E-state index contributed by atoms with van der Waals surface area (Å²) in [4.78, 5) is 35.8. The maximum atomic E-state index is 12.8. The van der Waals surface area contributed by atoms with Gasteiger partial charge in [0.05, 0.1) is 61.7 Å². The molecule has 0 amide bonds. The lowest BCUT2D eigenvalue weighted by Gasteiger charge is -2.62. The molecule has 496 valence electrons. The van der Waals surface area contributed by atoms with Gasteiger partial charge in [0.2, 0.25) is 0 Å². The summed E-state index contributed by atoms with van der Waals surface area (Å²) in [5.74, 6) is 3.53. The number of aliphatic hydroxyl groups is 8. The van der Waals surface area contributed by atoms with Gasteiger partial charge in [0.15, 0.2) is 18.4 Å². The first kappa shape index (κ1) is 68.8. The molecule has 11 aliphatic rings. The van der Waals surface area contributed by atoms with Crippen LogP contribution in [-0.2, 0) is 38.1 Å². The fourth-order valence-corrected chi connectivity index (χ4v) is 20.7. The van der Waals surface area contributed by atoms with Crippen LogP contribution in [0.25, 0.3) is 0 Å². The lowest BCUT2D eigenvalue weighted by Crippen LogP contribution is -2.68. The van der Waals surface area contributed by atoms with Crippen LogP contribution in [0.2, 0.25) is 0 Å². The van der Waals surface area contributed by atoms with E-state index in [1.807, 2.05) is 13.0 Å². The molecule has 32 atom stereocenters. The molecule has 10 fully saturated rings. The third-order valence-corrected chi connectivity index (χ3v) is 26.0. The van der Waals surface area contributed by atoms with E-state index in [4.69, 9.17) is 57.5 Å². The SMILES string of the molecule is COC(=O)[C@@]1(C)[C@H](C)C[C@H]2[C@@H]3CCC4=CC(=O)C=C[C@]4(C)[C@H]3[C@@H](O)C[C@@]21C.C[C@H](CCC(=O)O)[C@H]1CC[C@H]2[C@@H]3CC[C@@H]4C[C@H](O)CC[C@]4(C)[C@H]3C[C@H](O)[C@]12C.NC[C@H]1O[C@H](O[C@H]2[C@H](O)[C@@H](O[C@H]3O[C@H](CO)[C@@H](O)[C@H](N)[C@H]3O)[C@H](N)C[C@@H]2N)[C@H](N)C[C@@H]1O. The molecule has 8 saturated carbocycles. The van der Waals surface area contributed by atoms with Crippen LogP contribution >= 0.6 is 0 Å². The number of aliphatic carboxylic acids is 1. The summed E-state index contributed by atoms with van der Waals surface area (Å²) in [6.07, 6.45) is 6.98. The van der Waals surface area contributed by atoms with Crippen molar-refractivity contribution < 1.29 is 84.0 Å². The van der Waals surface area contributed by atoms with Gasteiger partial charge < -0.3 is 98.3 Å². The number of hydrogen-bond donors (Lipinski definition) is 14. The Bertz CT molecular complexity index is 2490. The minimum absolute atomic E-state index is 0.0542. The Balaban J connectivity index is 0.000000156. The number of methoxy groups -OCH3 is 1. The predicted octanol–water partition coefficient (Wildman–Crippen LogP) is 1.87. The number of carboxylic acids is 1. The maximum absolute atomic E-state index is 12.8. The zero-order valence-corrected chi connectivity index (χ0v) is 52.7. The first-order chi connectivity index (χ1) is 40.8. The van der Waals surface area contributed by atoms with Crippen molar-refractivity contribution in [3.63, 3.8) is 0 Å². The van der Waals surface area contributed by atoms with E-state index in [2.05, 4.69) is 41.5 Å². The summed E-state index contributed by atoms with van der Waals surface area (Å²) < 4.78 is 27.9. The van der Waals surface area contributed by atoms with Crippen molar-refractivity contribution in [1.82, 2.24) is 0 Å². The molecule has 0 unspecified atom stereocenters. The van der Waals surface area contributed by atoms with Crippen LogP contribution in [0.15, 0.2) is 23.8 Å². The van der Waals surface area contributed by atoms with Crippen LogP contribution in [0.4, 0.5) is 0 Å². The van der Waals surface area contributed by atoms with Gasteiger partial charge >= 0.3 is 11.9 Å². The van der Waals surface area contributed by atoms with Crippen molar-refractivity contribution in [3.8, 4) is 0 Å². The summed E-state index contributed by atoms with van der Waals surface area (Å²) in [7, 11) is 1.47. The van der Waals surface area contributed by atoms with Gasteiger partial charge in [0.1, 0.15) is 36.6 Å². The lowest BCUT2D eigenvalue weighted by molar-refractivity contribution is -0.314. The molecule has 0 bridgehead atoms. The average molecular weight is 1230 g/mol. The number of carboxylic acid groups (broad SMARTS) is 1. The summed E-state index contributed by atoms with van der Waals surface area (Å²) >= 11 is 0. The van der Waals surface area contributed by atoms with E-state index in [1.54, 1.807) is 12.2 Å². The summed E-state index contributed by atoms with van der Waals surface area (Å²) in [5.41, 5.74) is 30.0. The van der Waals surface area contributed by atoms with Gasteiger partial charge in [0.25, 0.3) is 0 Å². The second-order valence-corrected chi connectivity index (χ2v) is 30.1. The Morgan fingerprint density at radius 2 is 1.41 bits per heavy atom. The van der Waals surface area contributed by atoms with Gasteiger partial charge in [-0.15, -0.1) is 0 Å². The Morgan fingerprint density at radius 1 is 0.747 bits per heavy atom. The molecule has 2 heterocycles. The van der Waals surface area contributed by atoms with Gasteiger partial charge in [-0.25, -0.2) is 0 Å². The summed E-state index contributed by atoms with van der Waals surface area (Å²) in [6, 6.07) is -3.27. The normalized spacial score (nSPS) is 51.9. The molecular weight excluding hydrogens is 1120 g/mol. The Morgan fingerprint density at radius 3 is 2.06 bits per heavy atom. The highest BCUT2D eigenvalue weighted by Crippen LogP contribution is 2.72. The van der Waals surface area contributed by atoms with Crippen LogP contribution < -0.4 is 28.7 Å². The number of carbonyl (C=O) groups is 3. The minimum Gasteiger partial charge on any atom is -0.481 e. The molecule has 22 nitrogen and oxygen atoms in total. The van der Waals surface area contributed by atoms with E-state index in [1.165, 1.54) is 31.9 Å². The largest absolute Gasteiger partial charge is 0.481 e. The molecule has 19 N–H and O–H groups in total. The highest BCUT2D eigenvalue weighted by atomic mass is 16.7. The van der Waals surface area contributed by atoms with Crippen molar-refractivity contribution in [2.24, 2.45) is 115 Å². The van der Waals surface area contributed by atoms with Crippen LogP contribution in [0.3, 0.4) is 0 Å². The topological polar surface area (TPSA) is 410 Å². The number of aliphatic hydroxyl groups excluding tert-OH is 8. The van der Waals surface area contributed by atoms with Crippen molar-refractivity contribution in [2.75, 3.05) is 20.3 Å². The molecule has 0 aromatic rings. The quantitative estimate of drug-likeness (QED) is 0.131. The zero-order valence-electron chi connectivity index (χ0n) is 52.7. The number of nitrogens with two attached hydrogens (primary N) is 5. The Hall–Kier alpha value is -2.59. The molecular formula is C65H109N5O17. The molecule has 87 heavy (non-hydrogen) atoms. The van der Waals surface area contributed by atoms with Crippen LogP contribution in [0, 0.1) is 86.3 Å². The summed E-state index contributed by atoms with van der Waals surface area (Å²) in [6.45, 7) is 15.1. The second kappa shape index (κ2) is 26.4. The van der Waals surface area contributed by atoms with Crippen molar-refractivity contribution >= 4 is 17.7 Å². The number of allylic oxidation sites excluding steroid dienone is 4. The smallest absolute Gasteiger partial charge is 0.312 e. The number of esters is 1. The van der Waals surface area contributed by atoms with Crippen LogP contribution in [0.5, 0.6) is 0 Å². The standard InChI is InChI=1S/C24H40O4.C23H32O4.C18H37N5O9/c1-14(4-9-22(27)28)18-7-8-19-17-6-5-15-12-16(25)10-11-23(15,2)20(17)13-21(26)24(18,19)3;1-13-10-17-16-7-6-14-11-15(24)8-9-21(14,2)19(16)18(25)12-22(17,3)23(13,4)20(26)27-5;19-3-9-8(25)2-7(22)17(29-9)31-15-5(20)1-6(21)16(14(15)28)32-18-13(27)11(23)12(26)10(4-24)30-18/h14-21,25-26H,4-13H2,1-3H3,(H,27,28);8-9,11,13,16-19,25H,6-7,10,12H2,1-5H3;5-18,24-28H,1-4,19-23H2/t14-,15-,16-,17+,18-,19+,20+,21+,23+,24-;13-,16+,17+,18+,19-,21+,22+,23-;5-,6+,7+,8-,9+,10+,11-,12+,13+,14-,15+,16-,17+,18+/m110/s1. The second-order valence-electron chi connectivity index (χ2n) is 30.1. The molecule has 0 radical (unpaired) electrons. The monoisotopic (exact) mass is 1230 g/mol. The summed E-state index contributed by atoms with van der Waals surface area (Å²) in [5, 5.41) is 92.8. The first-order valence-electron chi connectivity index (χ1n) is 32.8. The van der Waals surface area contributed by atoms with Crippen LogP contribution in [-0.4, -0.2) is 188 Å². The molecule has 11 rings (SSSR count). The third-order valence-electron chi connectivity index (χ3n) is 26.0. The molecule has 22 heteroatoms. The highest BCUT2D eigenvalue weighted by Gasteiger charge is 2.70. The number of ketones is 1. The van der Waals surface area contributed by atoms with Crippen molar-refractivity contribution in [3.05, 3.63) is 23.8 Å². The third kappa shape index (κ3) is 12.1. The Kier molecular flexibility index (Phi) is 20.9. The Labute approximate surface area is 514 Å². The number of hydrogen-bond acceptors (Lipinski definition) is 21. The molecule has 2 aliphatic heterocycles. The predicted molar refractivity (Wildman–Crippen MR) is 320 cm³/mol. The van der Waals surface area contributed by atoms with Gasteiger partial charge in [-0.2, -0.15) is 0 Å². The number of ether oxygens (including phenoxy) is 5. The molecule has 0 spiro atoms. The fraction of sp³-hybridized carbons (Fsp3) is 0.892. The van der Waals surface area contributed by atoms with Crippen LogP contribution in [0.1, 0.15) is 151 Å². The van der Waals surface area contributed by atoms with Gasteiger partial charge in [-0.05, 0) is 185 Å².